The SMILES string of the molecule is Cc1nn(-c2ccccc2)c(C)c1C(=O)OCC(=O)Nc1ccc(C(C)C)cc1. The van der Waals surface area contributed by atoms with Crippen LogP contribution in [0.15, 0.2) is 54.6 Å². The van der Waals surface area contributed by atoms with Gasteiger partial charge in [0.05, 0.1) is 17.1 Å². The van der Waals surface area contributed by atoms with Crippen LogP contribution in [-0.4, -0.2) is 28.3 Å². The molecule has 0 aliphatic rings. The first kappa shape index (κ1) is 20.3. The van der Waals surface area contributed by atoms with Crippen molar-refractivity contribution in [3.63, 3.8) is 0 Å². The molecule has 1 N–H and O–H groups in total. The number of nitrogens with one attached hydrogen (secondary N) is 1. The van der Waals surface area contributed by atoms with Gasteiger partial charge < -0.3 is 10.1 Å². The van der Waals surface area contributed by atoms with Crippen LogP contribution in [0.1, 0.15) is 47.1 Å². The molecule has 0 atom stereocenters. The zero-order valence-corrected chi connectivity index (χ0v) is 17.1. The summed E-state index contributed by atoms with van der Waals surface area (Å²) in [5.41, 5.74) is 4.32. The van der Waals surface area contributed by atoms with E-state index in [0.29, 0.717) is 28.6 Å². The van der Waals surface area contributed by atoms with Gasteiger partial charge in [0.2, 0.25) is 0 Å². The highest BCUT2D eigenvalue weighted by Crippen LogP contribution is 2.19. The third-order valence-electron chi connectivity index (χ3n) is 4.69. The Hall–Kier alpha value is -3.41. The Morgan fingerprint density at radius 2 is 1.69 bits per heavy atom. The molecule has 6 nitrogen and oxygen atoms in total. The summed E-state index contributed by atoms with van der Waals surface area (Å²) in [5, 5.41) is 7.17. The molecule has 0 unspecified atom stereocenters. The van der Waals surface area contributed by atoms with Crippen LogP contribution >= 0.6 is 0 Å². The number of hydrogen-bond acceptors (Lipinski definition) is 4. The second-order valence-electron chi connectivity index (χ2n) is 7.19. The Balaban J connectivity index is 1.63. The van der Waals surface area contributed by atoms with E-state index in [2.05, 4.69) is 24.3 Å². The Kier molecular flexibility index (Phi) is 6.12. The van der Waals surface area contributed by atoms with E-state index in [1.54, 1.807) is 18.5 Å². The van der Waals surface area contributed by atoms with Gasteiger partial charge in [0, 0.05) is 5.69 Å². The third kappa shape index (κ3) is 4.71. The summed E-state index contributed by atoms with van der Waals surface area (Å²) in [5.74, 6) is -0.530. The van der Waals surface area contributed by atoms with Crippen LogP contribution in [0.4, 0.5) is 5.69 Å². The monoisotopic (exact) mass is 391 g/mol. The van der Waals surface area contributed by atoms with Gasteiger partial charge in [-0.15, -0.1) is 0 Å². The number of benzene rings is 2. The smallest absolute Gasteiger partial charge is 0.342 e. The van der Waals surface area contributed by atoms with Crippen molar-refractivity contribution in [3.8, 4) is 5.69 Å². The molecule has 0 saturated carbocycles. The van der Waals surface area contributed by atoms with Crippen molar-refractivity contribution in [3.05, 3.63) is 77.1 Å². The molecule has 1 amide bonds. The fourth-order valence-corrected chi connectivity index (χ4v) is 3.11. The van der Waals surface area contributed by atoms with E-state index in [4.69, 9.17) is 4.74 Å². The minimum atomic E-state index is -0.563. The highest BCUT2D eigenvalue weighted by atomic mass is 16.5. The maximum atomic E-state index is 12.6. The van der Waals surface area contributed by atoms with Crippen molar-refractivity contribution < 1.29 is 14.3 Å². The van der Waals surface area contributed by atoms with Crippen LogP contribution in [0.25, 0.3) is 5.69 Å². The number of aryl methyl sites for hydroxylation is 1. The fourth-order valence-electron chi connectivity index (χ4n) is 3.11. The first-order valence-electron chi connectivity index (χ1n) is 9.55. The summed E-state index contributed by atoms with van der Waals surface area (Å²) in [6, 6.07) is 17.2. The molecule has 0 spiro atoms. The van der Waals surface area contributed by atoms with E-state index >= 15 is 0 Å². The topological polar surface area (TPSA) is 73.2 Å². The number of carbonyl (C=O) groups is 2. The highest BCUT2D eigenvalue weighted by molar-refractivity contribution is 5.96. The lowest BCUT2D eigenvalue weighted by atomic mass is 10.0. The number of hydrogen-bond donors (Lipinski definition) is 1. The van der Waals surface area contributed by atoms with Gasteiger partial charge in [-0.25, -0.2) is 9.48 Å². The Morgan fingerprint density at radius 1 is 1.03 bits per heavy atom. The molecule has 1 heterocycles. The fraction of sp³-hybridized carbons (Fsp3) is 0.261. The molecule has 0 fully saturated rings. The second-order valence-corrected chi connectivity index (χ2v) is 7.19. The van der Waals surface area contributed by atoms with E-state index in [1.165, 1.54) is 5.56 Å². The molecule has 0 saturated heterocycles. The van der Waals surface area contributed by atoms with Crippen molar-refractivity contribution in [1.82, 2.24) is 9.78 Å². The van der Waals surface area contributed by atoms with Gasteiger partial charge in [0.15, 0.2) is 6.61 Å². The first-order valence-corrected chi connectivity index (χ1v) is 9.55. The van der Waals surface area contributed by atoms with Crippen LogP contribution < -0.4 is 5.32 Å². The number of rotatable bonds is 6. The van der Waals surface area contributed by atoms with Gasteiger partial charge in [-0.3, -0.25) is 4.79 Å². The predicted octanol–water partition coefficient (Wildman–Crippen LogP) is 4.41. The zero-order valence-electron chi connectivity index (χ0n) is 17.1. The number of anilines is 1. The lowest BCUT2D eigenvalue weighted by Crippen LogP contribution is -2.21. The molecule has 6 heteroatoms. The molecule has 0 radical (unpaired) electrons. The highest BCUT2D eigenvalue weighted by Gasteiger charge is 2.21. The van der Waals surface area contributed by atoms with Gasteiger partial charge in [-0.1, -0.05) is 44.2 Å². The Bertz CT molecular complexity index is 1010. The summed E-state index contributed by atoms with van der Waals surface area (Å²) >= 11 is 0. The average molecular weight is 391 g/mol. The van der Waals surface area contributed by atoms with E-state index < -0.39 is 5.97 Å². The van der Waals surface area contributed by atoms with E-state index in [1.807, 2.05) is 54.6 Å². The van der Waals surface area contributed by atoms with E-state index in [0.717, 1.165) is 5.69 Å². The quantitative estimate of drug-likeness (QED) is 0.632. The lowest BCUT2D eigenvalue weighted by molar-refractivity contribution is -0.119. The molecule has 3 aromatic rings. The van der Waals surface area contributed by atoms with E-state index in [9.17, 15) is 9.59 Å². The van der Waals surface area contributed by atoms with Crippen molar-refractivity contribution in [1.29, 1.82) is 0 Å². The number of aromatic nitrogens is 2. The molecule has 0 aliphatic carbocycles. The van der Waals surface area contributed by atoms with Crippen molar-refractivity contribution in [2.45, 2.75) is 33.6 Å². The van der Waals surface area contributed by atoms with Crippen molar-refractivity contribution >= 4 is 17.6 Å². The first-order chi connectivity index (χ1) is 13.9. The second kappa shape index (κ2) is 8.73. The number of ether oxygens (including phenoxy) is 1. The summed E-state index contributed by atoms with van der Waals surface area (Å²) in [6.07, 6.45) is 0. The largest absolute Gasteiger partial charge is 0.452 e. The number of carbonyl (C=O) groups excluding carboxylic acids is 2. The Labute approximate surface area is 170 Å². The molecule has 2 aromatic carbocycles. The third-order valence-corrected chi connectivity index (χ3v) is 4.69. The van der Waals surface area contributed by atoms with Gasteiger partial charge in [0.25, 0.3) is 5.91 Å². The van der Waals surface area contributed by atoms with Gasteiger partial charge >= 0.3 is 5.97 Å². The minimum Gasteiger partial charge on any atom is -0.452 e. The van der Waals surface area contributed by atoms with E-state index in [-0.39, 0.29) is 12.5 Å². The van der Waals surface area contributed by atoms with Gasteiger partial charge in [-0.2, -0.15) is 5.10 Å². The maximum absolute atomic E-state index is 12.6. The summed E-state index contributed by atoms with van der Waals surface area (Å²) in [7, 11) is 0. The van der Waals surface area contributed by atoms with Gasteiger partial charge in [-0.05, 0) is 49.6 Å². The number of para-hydroxylation sites is 1. The molecule has 0 aliphatic heterocycles. The molecule has 3 rings (SSSR count). The summed E-state index contributed by atoms with van der Waals surface area (Å²) in [4.78, 5) is 24.7. The number of amides is 1. The maximum Gasteiger partial charge on any atom is 0.342 e. The predicted molar refractivity (Wildman–Crippen MR) is 112 cm³/mol. The summed E-state index contributed by atoms with van der Waals surface area (Å²) in [6.45, 7) is 7.41. The Morgan fingerprint density at radius 3 is 2.31 bits per heavy atom. The standard InChI is InChI=1S/C23H25N3O3/c1-15(2)18-10-12-19(13-11-18)24-21(27)14-29-23(28)22-16(3)25-26(17(22)4)20-8-6-5-7-9-20/h5-13,15H,14H2,1-4H3,(H,24,27). The summed E-state index contributed by atoms with van der Waals surface area (Å²) < 4.78 is 6.93. The molecule has 150 valence electrons. The van der Waals surface area contributed by atoms with Gasteiger partial charge in [0.1, 0.15) is 5.56 Å². The van der Waals surface area contributed by atoms with Crippen LogP contribution in [0.5, 0.6) is 0 Å². The van der Waals surface area contributed by atoms with Crippen LogP contribution in [-0.2, 0) is 9.53 Å². The minimum absolute atomic E-state index is 0.361. The van der Waals surface area contributed by atoms with Crippen molar-refractivity contribution in [2.75, 3.05) is 11.9 Å². The van der Waals surface area contributed by atoms with Crippen LogP contribution in [0.3, 0.4) is 0 Å². The molecule has 0 bridgehead atoms. The molecular weight excluding hydrogens is 366 g/mol. The van der Waals surface area contributed by atoms with Crippen LogP contribution in [0, 0.1) is 13.8 Å². The van der Waals surface area contributed by atoms with Crippen LogP contribution in [0.2, 0.25) is 0 Å². The molecule has 29 heavy (non-hydrogen) atoms. The number of nitrogens with zero attached hydrogens (tertiary/aromatic N) is 2. The normalized spacial score (nSPS) is 10.8. The molecular formula is C23H25N3O3. The average Bonchev–Trinajstić information content (AvgIpc) is 3.01. The molecule has 1 aromatic heterocycles. The number of esters is 1. The zero-order chi connectivity index (χ0) is 21.0. The van der Waals surface area contributed by atoms with Crippen molar-refractivity contribution in [2.24, 2.45) is 0 Å². The lowest BCUT2D eigenvalue weighted by Gasteiger charge is -2.09.